The van der Waals surface area contributed by atoms with Crippen LogP contribution in [0.4, 0.5) is 0 Å². The fraction of sp³-hybridized carbons (Fsp3) is 0. The minimum Gasteiger partial charge on any atom is -0.192 e. The van der Waals surface area contributed by atoms with Crippen molar-refractivity contribution in [3.05, 3.63) is 181 Å². The van der Waals surface area contributed by atoms with Crippen LogP contribution in [0.2, 0.25) is 0 Å². The van der Waals surface area contributed by atoms with Gasteiger partial charge in [-0.15, -0.1) is 22.7 Å². The van der Waals surface area contributed by atoms with E-state index in [4.69, 9.17) is 0 Å². The van der Waals surface area contributed by atoms with Crippen molar-refractivity contribution in [2.75, 3.05) is 0 Å². The van der Waals surface area contributed by atoms with Crippen molar-refractivity contribution in [3.63, 3.8) is 0 Å². The van der Waals surface area contributed by atoms with Crippen molar-refractivity contribution in [1.82, 2.24) is 0 Å². The van der Waals surface area contributed by atoms with Gasteiger partial charge in [-0.3, -0.25) is 0 Å². The fourth-order valence-corrected chi connectivity index (χ4v) is 9.75. The summed E-state index contributed by atoms with van der Waals surface area (Å²) in [5.74, 6) is 0. The van der Waals surface area contributed by atoms with Gasteiger partial charge in [-0.05, 0) is 117 Å². The Morgan fingerprint density at radius 3 is 1.40 bits per heavy atom. The Hall–Kier alpha value is -6.31. The predicted molar refractivity (Wildman–Crippen MR) is 224 cm³/mol. The van der Waals surface area contributed by atoms with E-state index in [0.717, 1.165) is 44.5 Å². The van der Waals surface area contributed by atoms with Crippen molar-refractivity contribution >= 4 is 63.0 Å². The number of hydrogen-bond acceptors (Lipinski definition) is 3. The lowest BCUT2D eigenvalue weighted by Gasteiger charge is -2.16. The maximum atomic E-state index is 10.5. The fourth-order valence-electron chi connectivity index (χ4n) is 7.59. The first kappa shape index (κ1) is 30.5. The molecule has 0 amide bonds. The average Bonchev–Trinajstić information content (AvgIpc) is 3.78. The van der Waals surface area contributed by atoms with Crippen LogP contribution in [0, 0.1) is 11.3 Å². The molecule has 0 aliphatic rings. The molecule has 0 fully saturated rings. The molecule has 0 aliphatic carbocycles. The molecule has 1 nitrogen and oxygen atoms in total. The third-order valence-corrected chi connectivity index (χ3v) is 12.4. The molecule has 2 aromatic heterocycles. The summed E-state index contributed by atoms with van der Waals surface area (Å²) >= 11 is 3.68. The zero-order chi connectivity index (χ0) is 34.6. The third-order valence-electron chi connectivity index (χ3n) is 10.1. The lowest BCUT2D eigenvalue weighted by atomic mass is 9.87. The highest BCUT2D eigenvalue weighted by molar-refractivity contribution is 7.26. The molecule has 0 saturated carbocycles. The molecule has 2 heterocycles. The zero-order valence-corrected chi connectivity index (χ0v) is 29.6. The van der Waals surface area contributed by atoms with E-state index in [2.05, 4.69) is 164 Å². The van der Waals surface area contributed by atoms with Crippen LogP contribution in [-0.4, -0.2) is 0 Å². The molecule has 0 aliphatic heterocycles. The van der Waals surface area contributed by atoms with E-state index < -0.39 is 0 Å². The quantitative estimate of drug-likeness (QED) is 0.176. The number of nitrogens with zero attached hydrogens (tertiary/aromatic N) is 1. The standard InChI is InChI=1S/C49H29NS2/c50-30-36-14-9-16-40(32-12-5-2-6-13-32)49(36)39-25-37(34-19-22-46-42(28-34)41-15-7-8-17-45(41)51-46)24-38(26-39)35-20-23-48-44(29-35)43-27-33(18-21-47(43)52-48)31-10-3-1-4-11-31/h1-29H. The van der Waals surface area contributed by atoms with Gasteiger partial charge in [0.2, 0.25) is 0 Å². The molecule has 0 N–H and O–H groups in total. The number of thiophene rings is 2. The monoisotopic (exact) mass is 695 g/mol. The van der Waals surface area contributed by atoms with E-state index in [1.165, 1.54) is 51.5 Å². The summed E-state index contributed by atoms with van der Waals surface area (Å²) < 4.78 is 5.14. The van der Waals surface area contributed by atoms with Gasteiger partial charge in [-0.1, -0.05) is 109 Å². The van der Waals surface area contributed by atoms with Crippen molar-refractivity contribution in [3.8, 4) is 61.7 Å². The van der Waals surface area contributed by atoms with Gasteiger partial charge in [-0.2, -0.15) is 5.26 Å². The Morgan fingerprint density at radius 2 is 0.808 bits per heavy atom. The maximum Gasteiger partial charge on any atom is 0.0998 e. The first-order valence-corrected chi connectivity index (χ1v) is 19.0. The molecule has 0 bridgehead atoms. The Bertz CT molecular complexity index is 3020. The topological polar surface area (TPSA) is 23.8 Å². The van der Waals surface area contributed by atoms with Gasteiger partial charge in [0.05, 0.1) is 11.6 Å². The Balaban J connectivity index is 1.21. The molecule has 0 spiro atoms. The summed E-state index contributed by atoms with van der Waals surface area (Å²) in [5.41, 5.74) is 11.8. The summed E-state index contributed by atoms with van der Waals surface area (Å²) in [6, 6.07) is 65.7. The van der Waals surface area contributed by atoms with Crippen LogP contribution in [0.25, 0.3) is 96.0 Å². The van der Waals surface area contributed by atoms with E-state index in [1.54, 1.807) is 0 Å². The summed E-state index contributed by atoms with van der Waals surface area (Å²) in [6.45, 7) is 0. The second kappa shape index (κ2) is 12.5. The summed E-state index contributed by atoms with van der Waals surface area (Å²) in [4.78, 5) is 0. The molecule has 10 rings (SSSR count). The van der Waals surface area contributed by atoms with Gasteiger partial charge in [0, 0.05) is 45.9 Å². The Labute approximate surface area is 309 Å². The molecule has 242 valence electrons. The summed E-state index contributed by atoms with van der Waals surface area (Å²) in [5, 5.41) is 15.6. The number of rotatable bonds is 5. The number of benzene rings is 8. The van der Waals surface area contributed by atoms with E-state index in [1.807, 2.05) is 40.9 Å². The van der Waals surface area contributed by atoms with Gasteiger partial charge in [0.25, 0.3) is 0 Å². The second-order valence-corrected chi connectivity index (χ2v) is 15.4. The highest BCUT2D eigenvalue weighted by Gasteiger charge is 2.17. The van der Waals surface area contributed by atoms with Crippen molar-refractivity contribution in [1.29, 1.82) is 5.26 Å². The van der Waals surface area contributed by atoms with Crippen LogP contribution in [0.15, 0.2) is 176 Å². The first-order valence-electron chi connectivity index (χ1n) is 17.4. The van der Waals surface area contributed by atoms with Crippen molar-refractivity contribution in [2.24, 2.45) is 0 Å². The molecular formula is C49H29NS2. The first-order chi connectivity index (χ1) is 25.7. The molecule has 8 aromatic carbocycles. The number of hydrogen-bond donors (Lipinski definition) is 0. The van der Waals surface area contributed by atoms with Gasteiger partial charge in [0.15, 0.2) is 0 Å². The van der Waals surface area contributed by atoms with E-state index >= 15 is 0 Å². The minimum absolute atomic E-state index is 0.663. The predicted octanol–water partition coefficient (Wildman–Crippen LogP) is 14.6. The van der Waals surface area contributed by atoms with Crippen LogP contribution in [0.5, 0.6) is 0 Å². The van der Waals surface area contributed by atoms with E-state index in [-0.39, 0.29) is 0 Å². The van der Waals surface area contributed by atoms with Crippen LogP contribution in [0.1, 0.15) is 5.56 Å². The molecule has 0 saturated heterocycles. The van der Waals surface area contributed by atoms with Crippen molar-refractivity contribution < 1.29 is 0 Å². The molecule has 52 heavy (non-hydrogen) atoms. The third kappa shape index (κ3) is 5.20. The largest absolute Gasteiger partial charge is 0.192 e. The van der Waals surface area contributed by atoms with Crippen LogP contribution >= 0.6 is 22.7 Å². The molecular weight excluding hydrogens is 667 g/mol. The van der Waals surface area contributed by atoms with Crippen molar-refractivity contribution in [2.45, 2.75) is 0 Å². The second-order valence-electron chi connectivity index (χ2n) is 13.2. The molecule has 10 aromatic rings. The Kier molecular flexibility index (Phi) is 7.32. The normalized spacial score (nSPS) is 11.4. The number of nitriles is 1. The average molecular weight is 696 g/mol. The van der Waals surface area contributed by atoms with Gasteiger partial charge >= 0.3 is 0 Å². The zero-order valence-electron chi connectivity index (χ0n) is 28.0. The van der Waals surface area contributed by atoms with Crippen LogP contribution in [0.3, 0.4) is 0 Å². The molecule has 3 heteroatoms. The van der Waals surface area contributed by atoms with Crippen LogP contribution < -0.4 is 0 Å². The summed E-state index contributed by atoms with van der Waals surface area (Å²) in [7, 11) is 0. The van der Waals surface area contributed by atoms with E-state index in [0.29, 0.717) is 5.56 Å². The number of fused-ring (bicyclic) bond motifs is 6. The maximum absolute atomic E-state index is 10.5. The van der Waals surface area contributed by atoms with Crippen LogP contribution in [-0.2, 0) is 0 Å². The molecule has 0 unspecified atom stereocenters. The highest BCUT2D eigenvalue weighted by Crippen LogP contribution is 2.43. The van der Waals surface area contributed by atoms with E-state index in [9.17, 15) is 5.26 Å². The SMILES string of the molecule is N#Cc1cccc(-c2ccccc2)c1-c1cc(-c2ccc3sc4ccccc4c3c2)cc(-c2ccc3sc4ccc(-c5ccccc5)cc4c3c2)c1. The van der Waals surface area contributed by atoms with Gasteiger partial charge < -0.3 is 0 Å². The lowest BCUT2D eigenvalue weighted by molar-refractivity contribution is 1.47. The van der Waals surface area contributed by atoms with Gasteiger partial charge in [0.1, 0.15) is 0 Å². The highest BCUT2D eigenvalue weighted by atomic mass is 32.1. The lowest BCUT2D eigenvalue weighted by Crippen LogP contribution is -1.92. The summed E-state index contributed by atoms with van der Waals surface area (Å²) in [6.07, 6.45) is 0. The Morgan fingerprint density at radius 1 is 0.327 bits per heavy atom. The molecule has 0 atom stereocenters. The minimum atomic E-state index is 0.663. The van der Waals surface area contributed by atoms with Gasteiger partial charge in [-0.25, -0.2) is 0 Å². The molecule has 0 radical (unpaired) electrons. The smallest absolute Gasteiger partial charge is 0.0998 e.